The molecule has 0 fully saturated rings. The molecule has 0 bridgehead atoms. The Bertz CT molecular complexity index is 1490. The molecular formula is C25H25N5O3S. The van der Waals surface area contributed by atoms with Crippen molar-refractivity contribution in [1.82, 2.24) is 24.6 Å². The minimum absolute atomic E-state index is 0.237. The zero-order valence-corrected chi connectivity index (χ0v) is 20.5. The Morgan fingerprint density at radius 1 is 1.00 bits per heavy atom. The van der Waals surface area contributed by atoms with Gasteiger partial charge in [0.1, 0.15) is 16.6 Å². The number of hydrogen-bond donors (Lipinski definition) is 0. The fraction of sp³-hybridized carbons (Fsp3) is 0.280. The van der Waals surface area contributed by atoms with E-state index >= 15 is 0 Å². The predicted octanol–water partition coefficient (Wildman–Crippen LogP) is 5.67. The van der Waals surface area contributed by atoms with Gasteiger partial charge in [0.15, 0.2) is 17.1 Å². The van der Waals surface area contributed by atoms with Crippen molar-refractivity contribution < 1.29 is 13.9 Å². The van der Waals surface area contributed by atoms with Gasteiger partial charge in [0.25, 0.3) is 0 Å². The van der Waals surface area contributed by atoms with Gasteiger partial charge in [0.05, 0.1) is 30.9 Å². The number of nitrogens with zero attached hydrogens (tertiary/aromatic N) is 5. The number of methoxy groups -OCH3 is 2. The molecule has 34 heavy (non-hydrogen) atoms. The summed E-state index contributed by atoms with van der Waals surface area (Å²) in [6.45, 7) is 6.16. The van der Waals surface area contributed by atoms with Crippen LogP contribution in [-0.4, -0.2) is 38.8 Å². The molecule has 0 spiro atoms. The maximum Gasteiger partial charge on any atom is 0.226 e. The third-order valence-electron chi connectivity index (χ3n) is 5.61. The highest BCUT2D eigenvalue weighted by molar-refractivity contribution is 7.98. The summed E-state index contributed by atoms with van der Waals surface area (Å²) < 4.78 is 18.8. The summed E-state index contributed by atoms with van der Waals surface area (Å²) in [5.74, 6) is 4.33. The monoisotopic (exact) mass is 475 g/mol. The van der Waals surface area contributed by atoms with E-state index < -0.39 is 0 Å². The molecule has 0 saturated heterocycles. The average molecular weight is 476 g/mol. The Balaban J connectivity index is 1.48. The van der Waals surface area contributed by atoms with E-state index in [1.165, 1.54) is 0 Å². The third-order valence-corrected chi connectivity index (χ3v) is 6.57. The van der Waals surface area contributed by atoms with E-state index in [9.17, 15) is 0 Å². The molecule has 0 N–H and O–H groups in total. The SMILES string of the molecule is COc1ccc(-c2nc(CSc3nc4ccccc4n4c(C(C)C)nnc34)c(C)o2)cc1OC. The van der Waals surface area contributed by atoms with Gasteiger partial charge in [-0.15, -0.1) is 10.2 Å². The number of thioether (sulfide) groups is 1. The van der Waals surface area contributed by atoms with Crippen LogP contribution in [0, 0.1) is 6.92 Å². The first-order valence-corrected chi connectivity index (χ1v) is 11.9. The Hall–Kier alpha value is -3.59. The van der Waals surface area contributed by atoms with Gasteiger partial charge < -0.3 is 13.9 Å². The molecule has 0 unspecified atom stereocenters. The van der Waals surface area contributed by atoms with Crippen LogP contribution in [-0.2, 0) is 5.75 Å². The fourth-order valence-corrected chi connectivity index (χ4v) is 4.81. The number of aromatic nitrogens is 5. The predicted molar refractivity (Wildman–Crippen MR) is 132 cm³/mol. The van der Waals surface area contributed by atoms with Crippen LogP contribution in [0.25, 0.3) is 28.1 Å². The molecule has 3 aromatic heterocycles. The zero-order valence-electron chi connectivity index (χ0n) is 19.7. The van der Waals surface area contributed by atoms with Crippen LogP contribution in [0.15, 0.2) is 51.9 Å². The molecule has 8 nitrogen and oxygen atoms in total. The minimum atomic E-state index is 0.237. The standard InChI is InChI=1S/C25H25N5O3S/c1-14(2)22-28-29-23-25(27-17-8-6-7-9-19(17)30(22)23)34-13-18-15(3)33-24(26-18)16-10-11-20(31-4)21(12-16)32-5/h6-12,14H,13H2,1-5H3. The van der Waals surface area contributed by atoms with Gasteiger partial charge in [-0.1, -0.05) is 37.7 Å². The van der Waals surface area contributed by atoms with E-state index in [-0.39, 0.29) is 5.92 Å². The van der Waals surface area contributed by atoms with E-state index in [2.05, 4.69) is 34.5 Å². The number of hydrogen-bond acceptors (Lipinski definition) is 8. The molecule has 0 radical (unpaired) electrons. The van der Waals surface area contributed by atoms with Crippen molar-refractivity contribution >= 4 is 28.4 Å². The summed E-state index contributed by atoms with van der Waals surface area (Å²) in [6.07, 6.45) is 0. The molecular weight excluding hydrogens is 450 g/mol. The van der Waals surface area contributed by atoms with Crippen molar-refractivity contribution in [2.24, 2.45) is 0 Å². The quantitative estimate of drug-likeness (QED) is 0.278. The maximum atomic E-state index is 5.98. The number of para-hydroxylation sites is 2. The molecule has 0 aliphatic rings. The van der Waals surface area contributed by atoms with E-state index in [1.54, 1.807) is 26.0 Å². The van der Waals surface area contributed by atoms with Gasteiger partial charge >= 0.3 is 0 Å². The molecule has 0 saturated carbocycles. The van der Waals surface area contributed by atoms with Gasteiger partial charge in [0.2, 0.25) is 5.89 Å². The summed E-state index contributed by atoms with van der Waals surface area (Å²) in [5.41, 5.74) is 4.34. The first-order valence-electron chi connectivity index (χ1n) is 11.0. The summed E-state index contributed by atoms with van der Waals surface area (Å²) in [7, 11) is 3.22. The first kappa shape index (κ1) is 22.2. The van der Waals surface area contributed by atoms with Crippen molar-refractivity contribution in [3.05, 3.63) is 59.7 Å². The fourth-order valence-electron chi connectivity index (χ4n) is 3.84. The Labute approximate surface area is 201 Å². The van der Waals surface area contributed by atoms with Crippen LogP contribution in [0.3, 0.4) is 0 Å². The van der Waals surface area contributed by atoms with Crippen LogP contribution >= 0.6 is 11.8 Å². The highest BCUT2D eigenvalue weighted by Gasteiger charge is 2.19. The van der Waals surface area contributed by atoms with E-state index in [4.69, 9.17) is 23.9 Å². The number of oxazole rings is 1. The number of ether oxygens (including phenoxy) is 2. The summed E-state index contributed by atoms with van der Waals surface area (Å²) in [6, 6.07) is 13.7. The lowest BCUT2D eigenvalue weighted by Gasteiger charge is -2.09. The molecule has 0 aliphatic carbocycles. The number of rotatable bonds is 7. The van der Waals surface area contributed by atoms with Crippen molar-refractivity contribution in [2.45, 2.75) is 37.5 Å². The van der Waals surface area contributed by atoms with Gasteiger partial charge in [-0.05, 0) is 37.3 Å². The van der Waals surface area contributed by atoms with Crippen LogP contribution in [0.2, 0.25) is 0 Å². The lowest BCUT2D eigenvalue weighted by Crippen LogP contribution is -2.01. The molecule has 9 heteroatoms. The third kappa shape index (κ3) is 3.86. The Morgan fingerprint density at radius 3 is 2.56 bits per heavy atom. The molecule has 0 aliphatic heterocycles. The second-order valence-electron chi connectivity index (χ2n) is 8.16. The minimum Gasteiger partial charge on any atom is -0.493 e. The molecule has 5 rings (SSSR count). The second-order valence-corrected chi connectivity index (χ2v) is 9.12. The second kappa shape index (κ2) is 8.98. The van der Waals surface area contributed by atoms with E-state index in [1.807, 2.05) is 43.3 Å². The molecule has 3 heterocycles. The van der Waals surface area contributed by atoms with Gasteiger partial charge in [-0.2, -0.15) is 0 Å². The first-order chi connectivity index (χ1) is 16.5. The van der Waals surface area contributed by atoms with Crippen molar-refractivity contribution in [3.8, 4) is 23.0 Å². The maximum absolute atomic E-state index is 5.98. The van der Waals surface area contributed by atoms with E-state index in [0.29, 0.717) is 23.1 Å². The smallest absolute Gasteiger partial charge is 0.226 e. The van der Waals surface area contributed by atoms with E-state index in [0.717, 1.165) is 44.5 Å². The lowest BCUT2D eigenvalue weighted by molar-refractivity contribution is 0.355. The van der Waals surface area contributed by atoms with Crippen LogP contribution < -0.4 is 9.47 Å². The molecule has 174 valence electrons. The Morgan fingerprint density at radius 2 is 1.79 bits per heavy atom. The van der Waals surface area contributed by atoms with Gasteiger partial charge in [-0.3, -0.25) is 4.40 Å². The normalized spacial score (nSPS) is 11.6. The number of benzene rings is 2. The summed E-state index contributed by atoms with van der Waals surface area (Å²) in [5, 5.41) is 9.74. The molecule has 0 atom stereocenters. The van der Waals surface area contributed by atoms with Crippen LogP contribution in [0.1, 0.15) is 37.0 Å². The van der Waals surface area contributed by atoms with Crippen molar-refractivity contribution in [2.75, 3.05) is 14.2 Å². The lowest BCUT2D eigenvalue weighted by atomic mass is 10.2. The van der Waals surface area contributed by atoms with Crippen LogP contribution in [0.5, 0.6) is 11.5 Å². The zero-order chi connectivity index (χ0) is 23.8. The number of aryl methyl sites for hydroxylation is 1. The number of fused-ring (bicyclic) bond motifs is 3. The largest absolute Gasteiger partial charge is 0.493 e. The highest BCUT2D eigenvalue weighted by Crippen LogP contribution is 2.34. The Kier molecular flexibility index (Phi) is 5.87. The summed E-state index contributed by atoms with van der Waals surface area (Å²) >= 11 is 1.58. The highest BCUT2D eigenvalue weighted by atomic mass is 32.2. The van der Waals surface area contributed by atoms with Crippen molar-refractivity contribution in [1.29, 1.82) is 0 Å². The average Bonchev–Trinajstić information content (AvgIpc) is 3.46. The molecule has 5 aromatic rings. The van der Waals surface area contributed by atoms with Crippen LogP contribution in [0.4, 0.5) is 0 Å². The molecule has 2 aromatic carbocycles. The van der Waals surface area contributed by atoms with Crippen molar-refractivity contribution in [3.63, 3.8) is 0 Å². The van der Waals surface area contributed by atoms with Gasteiger partial charge in [-0.25, -0.2) is 9.97 Å². The topological polar surface area (TPSA) is 87.6 Å². The van der Waals surface area contributed by atoms with Gasteiger partial charge in [0, 0.05) is 17.2 Å². The molecule has 0 amide bonds. The summed E-state index contributed by atoms with van der Waals surface area (Å²) in [4.78, 5) is 9.63.